The van der Waals surface area contributed by atoms with E-state index in [0.29, 0.717) is 31.3 Å². The van der Waals surface area contributed by atoms with Crippen molar-refractivity contribution < 1.29 is 14.3 Å². The molecule has 2 aromatic rings. The van der Waals surface area contributed by atoms with Crippen LogP contribution < -0.4 is 0 Å². The first kappa shape index (κ1) is 21.8. The predicted molar refractivity (Wildman–Crippen MR) is 116 cm³/mol. The van der Waals surface area contributed by atoms with Crippen LogP contribution in [0, 0.1) is 0 Å². The average molecular weight is 435 g/mol. The van der Waals surface area contributed by atoms with Gasteiger partial charge < -0.3 is 14.5 Å². The molecule has 0 bridgehead atoms. The number of thiophene rings is 1. The molecule has 0 aliphatic carbocycles. The number of benzene rings is 1. The van der Waals surface area contributed by atoms with Gasteiger partial charge in [-0.25, -0.2) is 0 Å². The SMILES string of the molecule is CCOCCCN(CC(=O)N1CCc2sccc2C1c1ccc(Cl)cc1)C(C)=O. The van der Waals surface area contributed by atoms with Crippen LogP contribution in [0.3, 0.4) is 0 Å². The number of halogens is 1. The predicted octanol–water partition coefficient (Wildman–Crippen LogP) is 4.15. The number of carbonyl (C=O) groups is 2. The summed E-state index contributed by atoms with van der Waals surface area (Å²) in [7, 11) is 0. The van der Waals surface area contributed by atoms with Crippen molar-refractivity contribution in [2.45, 2.75) is 32.7 Å². The van der Waals surface area contributed by atoms with Gasteiger partial charge in [-0.15, -0.1) is 11.3 Å². The first-order valence-electron chi connectivity index (χ1n) is 9.95. The van der Waals surface area contributed by atoms with Crippen LogP contribution in [0.2, 0.25) is 5.02 Å². The maximum Gasteiger partial charge on any atom is 0.242 e. The van der Waals surface area contributed by atoms with E-state index in [1.807, 2.05) is 36.1 Å². The number of ether oxygens (including phenoxy) is 1. The summed E-state index contributed by atoms with van der Waals surface area (Å²) in [5.41, 5.74) is 2.20. The minimum atomic E-state index is -0.146. The number of rotatable bonds is 8. The Morgan fingerprint density at radius 1 is 1.28 bits per heavy atom. The highest BCUT2D eigenvalue weighted by Crippen LogP contribution is 2.38. The van der Waals surface area contributed by atoms with Crippen LogP contribution in [0.25, 0.3) is 0 Å². The molecule has 7 heteroatoms. The van der Waals surface area contributed by atoms with Crippen molar-refractivity contribution in [1.82, 2.24) is 9.80 Å². The minimum absolute atomic E-state index is 0.0339. The number of hydrogen-bond acceptors (Lipinski definition) is 4. The largest absolute Gasteiger partial charge is 0.382 e. The summed E-state index contributed by atoms with van der Waals surface area (Å²) >= 11 is 7.80. The van der Waals surface area contributed by atoms with Crippen molar-refractivity contribution in [3.63, 3.8) is 0 Å². The van der Waals surface area contributed by atoms with E-state index in [9.17, 15) is 9.59 Å². The Morgan fingerprint density at radius 2 is 2.03 bits per heavy atom. The number of amides is 2. The van der Waals surface area contributed by atoms with Crippen LogP contribution >= 0.6 is 22.9 Å². The molecule has 0 radical (unpaired) electrons. The highest BCUT2D eigenvalue weighted by atomic mass is 35.5. The van der Waals surface area contributed by atoms with Gasteiger partial charge in [0.2, 0.25) is 11.8 Å². The second kappa shape index (κ2) is 10.2. The lowest BCUT2D eigenvalue weighted by atomic mass is 9.93. The fourth-order valence-electron chi connectivity index (χ4n) is 3.69. The summed E-state index contributed by atoms with van der Waals surface area (Å²) in [6.07, 6.45) is 1.56. The van der Waals surface area contributed by atoms with Gasteiger partial charge in [-0.3, -0.25) is 9.59 Å². The smallest absolute Gasteiger partial charge is 0.242 e. The van der Waals surface area contributed by atoms with Crippen LogP contribution in [0.15, 0.2) is 35.7 Å². The van der Waals surface area contributed by atoms with E-state index in [1.54, 1.807) is 16.2 Å². The van der Waals surface area contributed by atoms with Crippen molar-refractivity contribution >= 4 is 34.8 Å². The molecule has 0 saturated carbocycles. The first-order chi connectivity index (χ1) is 14.0. The van der Waals surface area contributed by atoms with Crippen molar-refractivity contribution in [1.29, 1.82) is 0 Å². The van der Waals surface area contributed by atoms with Crippen molar-refractivity contribution in [2.24, 2.45) is 0 Å². The third kappa shape index (κ3) is 5.38. The maximum absolute atomic E-state index is 13.3. The van der Waals surface area contributed by atoms with Gasteiger partial charge >= 0.3 is 0 Å². The van der Waals surface area contributed by atoms with Gasteiger partial charge in [-0.05, 0) is 54.5 Å². The number of fused-ring (bicyclic) bond motifs is 1. The molecule has 2 amide bonds. The van der Waals surface area contributed by atoms with E-state index >= 15 is 0 Å². The summed E-state index contributed by atoms with van der Waals surface area (Å²) in [5, 5.41) is 2.75. The molecule has 3 rings (SSSR count). The van der Waals surface area contributed by atoms with Crippen molar-refractivity contribution in [3.8, 4) is 0 Å². The molecule has 29 heavy (non-hydrogen) atoms. The Morgan fingerprint density at radius 3 is 2.72 bits per heavy atom. The van der Waals surface area contributed by atoms with Crippen LogP contribution in [-0.4, -0.2) is 54.5 Å². The van der Waals surface area contributed by atoms with E-state index < -0.39 is 0 Å². The van der Waals surface area contributed by atoms with E-state index in [-0.39, 0.29) is 24.4 Å². The number of nitrogens with zero attached hydrogens (tertiary/aromatic N) is 2. The fourth-order valence-corrected chi connectivity index (χ4v) is 4.72. The molecular formula is C22H27ClN2O3S. The molecule has 1 aliphatic heterocycles. The molecule has 0 fully saturated rings. The molecule has 1 aromatic carbocycles. The highest BCUT2D eigenvalue weighted by Gasteiger charge is 2.33. The summed E-state index contributed by atoms with van der Waals surface area (Å²) in [4.78, 5) is 30.2. The third-order valence-electron chi connectivity index (χ3n) is 5.16. The van der Waals surface area contributed by atoms with Crippen LogP contribution in [0.5, 0.6) is 0 Å². The quantitative estimate of drug-likeness (QED) is 0.586. The van der Waals surface area contributed by atoms with E-state index in [1.165, 1.54) is 17.4 Å². The van der Waals surface area contributed by atoms with Crippen LogP contribution in [-0.2, 0) is 20.7 Å². The Hall–Kier alpha value is -1.89. The van der Waals surface area contributed by atoms with E-state index in [2.05, 4.69) is 11.4 Å². The van der Waals surface area contributed by atoms with Crippen molar-refractivity contribution in [2.75, 3.05) is 32.8 Å². The van der Waals surface area contributed by atoms with Crippen LogP contribution in [0.4, 0.5) is 0 Å². The molecule has 2 heterocycles. The molecule has 1 atom stereocenters. The Bertz CT molecular complexity index is 837. The Balaban J connectivity index is 1.78. The van der Waals surface area contributed by atoms with Gasteiger partial charge in [-0.2, -0.15) is 0 Å². The number of carbonyl (C=O) groups excluding carboxylic acids is 2. The monoisotopic (exact) mass is 434 g/mol. The van der Waals surface area contributed by atoms with Crippen LogP contribution in [0.1, 0.15) is 42.3 Å². The van der Waals surface area contributed by atoms with Gasteiger partial charge in [0.15, 0.2) is 0 Å². The minimum Gasteiger partial charge on any atom is -0.382 e. The second-order valence-electron chi connectivity index (χ2n) is 7.08. The van der Waals surface area contributed by atoms with E-state index in [0.717, 1.165) is 18.4 Å². The van der Waals surface area contributed by atoms with Gasteiger partial charge in [0, 0.05) is 43.1 Å². The van der Waals surface area contributed by atoms with Gasteiger partial charge in [-0.1, -0.05) is 23.7 Å². The van der Waals surface area contributed by atoms with Gasteiger partial charge in [0.25, 0.3) is 0 Å². The molecule has 5 nitrogen and oxygen atoms in total. The molecule has 0 spiro atoms. The molecule has 1 aromatic heterocycles. The normalized spacial score (nSPS) is 15.8. The fraction of sp³-hybridized carbons (Fsp3) is 0.455. The summed E-state index contributed by atoms with van der Waals surface area (Å²) < 4.78 is 5.36. The zero-order valence-corrected chi connectivity index (χ0v) is 18.5. The molecule has 0 N–H and O–H groups in total. The molecule has 156 valence electrons. The zero-order chi connectivity index (χ0) is 20.8. The summed E-state index contributed by atoms with van der Waals surface area (Å²) in [5.74, 6) is -0.125. The molecule has 1 unspecified atom stereocenters. The van der Waals surface area contributed by atoms with Gasteiger partial charge in [0.05, 0.1) is 12.6 Å². The summed E-state index contributed by atoms with van der Waals surface area (Å²) in [6, 6.07) is 9.62. The lowest BCUT2D eigenvalue weighted by Crippen LogP contribution is -2.46. The van der Waals surface area contributed by atoms with Gasteiger partial charge in [0.1, 0.15) is 0 Å². The summed E-state index contributed by atoms with van der Waals surface area (Å²) in [6.45, 7) is 5.94. The molecule has 0 saturated heterocycles. The average Bonchev–Trinajstić information content (AvgIpc) is 3.19. The second-order valence-corrected chi connectivity index (χ2v) is 8.52. The van der Waals surface area contributed by atoms with Crippen molar-refractivity contribution in [3.05, 3.63) is 56.7 Å². The lowest BCUT2D eigenvalue weighted by Gasteiger charge is -2.37. The standard InChI is InChI=1S/C22H27ClN2O3S/c1-3-28-13-4-11-24(16(2)26)15-21(27)25-12-9-20-19(10-14-29-20)22(25)17-5-7-18(23)8-6-17/h5-8,10,14,22H,3-4,9,11-13,15H2,1-2H3. The molecule has 1 aliphatic rings. The highest BCUT2D eigenvalue weighted by molar-refractivity contribution is 7.10. The first-order valence-corrected chi connectivity index (χ1v) is 11.2. The number of hydrogen-bond donors (Lipinski definition) is 0. The molecular weight excluding hydrogens is 408 g/mol. The third-order valence-corrected chi connectivity index (χ3v) is 6.41. The Kier molecular flexibility index (Phi) is 7.70. The maximum atomic E-state index is 13.3. The lowest BCUT2D eigenvalue weighted by molar-refractivity contribution is -0.140. The van der Waals surface area contributed by atoms with E-state index in [4.69, 9.17) is 16.3 Å². The zero-order valence-electron chi connectivity index (χ0n) is 16.9. The topological polar surface area (TPSA) is 49.9 Å². The Labute approximate surface area is 181 Å².